The van der Waals surface area contributed by atoms with Gasteiger partial charge in [-0.25, -0.2) is 0 Å². The Balaban J connectivity index is 1.46. The molecule has 0 atom stereocenters. The van der Waals surface area contributed by atoms with Crippen LogP contribution < -0.4 is 0 Å². The summed E-state index contributed by atoms with van der Waals surface area (Å²) in [6, 6.07) is 9.42. The third-order valence-electron chi connectivity index (χ3n) is 5.29. The van der Waals surface area contributed by atoms with Gasteiger partial charge in [0.2, 0.25) is 5.91 Å². The van der Waals surface area contributed by atoms with Crippen molar-refractivity contribution < 1.29 is 4.79 Å². The van der Waals surface area contributed by atoms with E-state index >= 15 is 0 Å². The highest BCUT2D eigenvalue weighted by atomic mass is 32.2. The normalized spacial score (nSPS) is 21.6. The van der Waals surface area contributed by atoms with Crippen LogP contribution in [0.4, 0.5) is 0 Å². The van der Waals surface area contributed by atoms with E-state index in [0.29, 0.717) is 6.04 Å². The van der Waals surface area contributed by atoms with Crippen molar-refractivity contribution in [3.8, 4) is 0 Å². The quantitative estimate of drug-likeness (QED) is 0.845. The number of nitrogens with zero attached hydrogens (tertiary/aromatic N) is 2. The van der Waals surface area contributed by atoms with E-state index in [1.807, 2.05) is 4.90 Å². The summed E-state index contributed by atoms with van der Waals surface area (Å²) in [4.78, 5) is 17.6. The standard InChI is InChI=1S/C19H28N2OS/c1-15-5-3-4-6-19(15)23-18-9-13-21(14-10-18)17-7-11-20(12-8-17)16(2)22/h3-6,17-18H,7-14H2,1-2H3. The Labute approximate surface area is 144 Å². The molecule has 4 heteroatoms. The molecule has 2 aliphatic rings. The molecule has 0 saturated carbocycles. The molecule has 0 aliphatic carbocycles. The topological polar surface area (TPSA) is 23.6 Å². The maximum absolute atomic E-state index is 11.4. The molecule has 2 saturated heterocycles. The molecular weight excluding hydrogens is 304 g/mol. The Hall–Kier alpha value is -1.00. The van der Waals surface area contributed by atoms with Gasteiger partial charge in [0.1, 0.15) is 0 Å². The largest absolute Gasteiger partial charge is 0.343 e. The molecule has 1 aromatic carbocycles. The molecule has 126 valence electrons. The number of amides is 1. The fourth-order valence-electron chi connectivity index (χ4n) is 3.77. The van der Waals surface area contributed by atoms with Gasteiger partial charge in [-0.2, -0.15) is 0 Å². The molecule has 0 aromatic heterocycles. The Morgan fingerprint density at radius 2 is 1.70 bits per heavy atom. The number of hydrogen-bond acceptors (Lipinski definition) is 3. The molecule has 2 fully saturated rings. The third kappa shape index (κ3) is 4.30. The molecule has 1 aromatic rings. The number of rotatable bonds is 3. The second-order valence-electron chi connectivity index (χ2n) is 6.86. The van der Waals surface area contributed by atoms with E-state index in [4.69, 9.17) is 0 Å². The zero-order valence-electron chi connectivity index (χ0n) is 14.3. The van der Waals surface area contributed by atoms with E-state index in [2.05, 4.69) is 47.9 Å². The number of benzene rings is 1. The maximum Gasteiger partial charge on any atom is 0.219 e. The first-order chi connectivity index (χ1) is 11.1. The number of thioether (sulfide) groups is 1. The predicted octanol–water partition coefficient (Wildman–Crippen LogP) is 3.56. The van der Waals surface area contributed by atoms with Gasteiger partial charge in [-0.05, 0) is 57.3 Å². The average molecular weight is 333 g/mol. The minimum Gasteiger partial charge on any atom is -0.343 e. The summed E-state index contributed by atoms with van der Waals surface area (Å²) >= 11 is 2.06. The van der Waals surface area contributed by atoms with Crippen LogP contribution >= 0.6 is 11.8 Å². The number of likely N-dealkylation sites (tertiary alicyclic amines) is 2. The molecule has 23 heavy (non-hydrogen) atoms. The molecule has 1 amide bonds. The third-order valence-corrected chi connectivity index (χ3v) is 6.81. The van der Waals surface area contributed by atoms with Gasteiger partial charge in [-0.15, -0.1) is 11.8 Å². The number of aryl methyl sites for hydroxylation is 1. The van der Waals surface area contributed by atoms with Crippen molar-refractivity contribution in [2.75, 3.05) is 26.2 Å². The van der Waals surface area contributed by atoms with Gasteiger partial charge >= 0.3 is 0 Å². The van der Waals surface area contributed by atoms with E-state index in [1.165, 1.54) is 36.4 Å². The van der Waals surface area contributed by atoms with E-state index in [1.54, 1.807) is 6.92 Å². The van der Waals surface area contributed by atoms with Crippen LogP contribution in [-0.2, 0) is 4.79 Å². The van der Waals surface area contributed by atoms with E-state index in [0.717, 1.165) is 31.2 Å². The van der Waals surface area contributed by atoms with Crippen molar-refractivity contribution in [3.05, 3.63) is 29.8 Å². The van der Waals surface area contributed by atoms with Gasteiger partial charge in [0, 0.05) is 36.2 Å². The van der Waals surface area contributed by atoms with Crippen LogP contribution in [0, 0.1) is 6.92 Å². The second-order valence-corrected chi connectivity index (χ2v) is 8.20. The van der Waals surface area contributed by atoms with Crippen LogP contribution in [-0.4, -0.2) is 53.2 Å². The molecule has 0 spiro atoms. The second kappa shape index (κ2) is 7.71. The van der Waals surface area contributed by atoms with Crippen LogP contribution in [0.3, 0.4) is 0 Å². The minimum atomic E-state index is 0.233. The molecule has 2 heterocycles. The molecule has 0 N–H and O–H groups in total. The van der Waals surface area contributed by atoms with Crippen molar-refractivity contribution in [1.82, 2.24) is 9.80 Å². The van der Waals surface area contributed by atoms with Crippen molar-refractivity contribution >= 4 is 17.7 Å². The lowest BCUT2D eigenvalue weighted by Crippen LogP contribution is -2.48. The number of hydrogen-bond donors (Lipinski definition) is 0. The van der Waals surface area contributed by atoms with Crippen LogP contribution in [0.15, 0.2) is 29.2 Å². The fourth-order valence-corrected chi connectivity index (χ4v) is 4.99. The zero-order valence-corrected chi connectivity index (χ0v) is 15.1. The first-order valence-corrected chi connectivity index (χ1v) is 9.73. The lowest BCUT2D eigenvalue weighted by Gasteiger charge is -2.41. The molecule has 0 bridgehead atoms. The highest BCUT2D eigenvalue weighted by molar-refractivity contribution is 8.00. The van der Waals surface area contributed by atoms with Crippen molar-refractivity contribution in [2.45, 2.75) is 55.7 Å². The Kier molecular flexibility index (Phi) is 5.65. The van der Waals surface area contributed by atoms with Crippen molar-refractivity contribution in [3.63, 3.8) is 0 Å². The first kappa shape index (κ1) is 16.8. The van der Waals surface area contributed by atoms with Gasteiger partial charge in [0.25, 0.3) is 0 Å². The Morgan fingerprint density at radius 3 is 2.30 bits per heavy atom. The van der Waals surface area contributed by atoms with Crippen LogP contribution in [0.25, 0.3) is 0 Å². The Morgan fingerprint density at radius 1 is 1.04 bits per heavy atom. The smallest absolute Gasteiger partial charge is 0.219 e. The summed E-state index contributed by atoms with van der Waals surface area (Å²) in [6.07, 6.45) is 4.86. The SMILES string of the molecule is CC(=O)N1CCC(N2CCC(Sc3ccccc3C)CC2)CC1. The molecule has 3 nitrogen and oxygen atoms in total. The van der Waals surface area contributed by atoms with Crippen molar-refractivity contribution in [2.24, 2.45) is 0 Å². The summed E-state index contributed by atoms with van der Waals surface area (Å²) in [5.74, 6) is 0.233. The Bertz CT molecular complexity index is 532. The highest BCUT2D eigenvalue weighted by Crippen LogP contribution is 2.33. The summed E-state index contributed by atoms with van der Waals surface area (Å²) < 4.78 is 0. The molecule has 3 rings (SSSR count). The lowest BCUT2D eigenvalue weighted by atomic mass is 10.00. The minimum absolute atomic E-state index is 0.233. The van der Waals surface area contributed by atoms with Gasteiger partial charge in [0.05, 0.1) is 0 Å². The van der Waals surface area contributed by atoms with Crippen LogP contribution in [0.1, 0.15) is 38.2 Å². The predicted molar refractivity (Wildman–Crippen MR) is 96.9 cm³/mol. The van der Waals surface area contributed by atoms with Gasteiger partial charge < -0.3 is 9.80 Å². The molecule has 0 unspecified atom stereocenters. The molecular formula is C19H28N2OS. The number of carbonyl (C=O) groups is 1. The van der Waals surface area contributed by atoms with Crippen LogP contribution in [0.5, 0.6) is 0 Å². The number of carbonyl (C=O) groups excluding carboxylic acids is 1. The van der Waals surface area contributed by atoms with Gasteiger partial charge in [0.15, 0.2) is 0 Å². The highest BCUT2D eigenvalue weighted by Gasteiger charge is 2.29. The lowest BCUT2D eigenvalue weighted by molar-refractivity contribution is -0.130. The van der Waals surface area contributed by atoms with Crippen molar-refractivity contribution in [1.29, 1.82) is 0 Å². The molecule has 0 radical (unpaired) electrons. The van der Waals surface area contributed by atoms with E-state index in [9.17, 15) is 4.79 Å². The fraction of sp³-hybridized carbons (Fsp3) is 0.632. The van der Waals surface area contributed by atoms with Gasteiger partial charge in [-0.3, -0.25) is 4.79 Å². The average Bonchev–Trinajstić information content (AvgIpc) is 2.58. The van der Waals surface area contributed by atoms with Gasteiger partial charge in [-0.1, -0.05) is 18.2 Å². The first-order valence-electron chi connectivity index (χ1n) is 8.85. The summed E-state index contributed by atoms with van der Waals surface area (Å²) in [5.41, 5.74) is 1.40. The summed E-state index contributed by atoms with van der Waals surface area (Å²) in [7, 11) is 0. The zero-order chi connectivity index (χ0) is 16.2. The van der Waals surface area contributed by atoms with Crippen LogP contribution in [0.2, 0.25) is 0 Å². The number of piperidine rings is 2. The molecule has 2 aliphatic heterocycles. The summed E-state index contributed by atoms with van der Waals surface area (Å²) in [6.45, 7) is 8.22. The maximum atomic E-state index is 11.4. The van der Waals surface area contributed by atoms with E-state index < -0.39 is 0 Å². The monoisotopic (exact) mass is 332 g/mol. The summed E-state index contributed by atoms with van der Waals surface area (Å²) in [5, 5.41) is 0.754. The van der Waals surface area contributed by atoms with E-state index in [-0.39, 0.29) is 5.91 Å².